The first-order valence-corrected chi connectivity index (χ1v) is 5.40. The fourth-order valence-corrected chi connectivity index (χ4v) is 1.94. The van der Waals surface area contributed by atoms with Gasteiger partial charge in [0.15, 0.2) is 0 Å². The van der Waals surface area contributed by atoms with Gasteiger partial charge in [-0.2, -0.15) is 0 Å². The van der Waals surface area contributed by atoms with Gasteiger partial charge in [0, 0.05) is 19.7 Å². The minimum absolute atomic E-state index is 0.0442. The zero-order valence-corrected chi connectivity index (χ0v) is 9.82. The van der Waals surface area contributed by atoms with Gasteiger partial charge >= 0.3 is 5.97 Å². The molecular weight excluding hydrogens is 194 g/mol. The van der Waals surface area contributed by atoms with E-state index in [1.54, 1.807) is 7.11 Å². The molecule has 1 rings (SSSR count). The van der Waals surface area contributed by atoms with E-state index in [0.717, 1.165) is 19.4 Å². The molecule has 0 aromatic rings. The second-order valence-electron chi connectivity index (χ2n) is 4.79. The first kappa shape index (κ1) is 12.5. The quantitative estimate of drug-likeness (QED) is 0.693. The molecule has 4 heteroatoms. The average molecular weight is 215 g/mol. The van der Waals surface area contributed by atoms with Crippen molar-refractivity contribution in [1.29, 1.82) is 0 Å². The van der Waals surface area contributed by atoms with E-state index in [-0.39, 0.29) is 5.41 Å². The lowest BCUT2D eigenvalue weighted by molar-refractivity contribution is -0.138. The van der Waals surface area contributed by atoms with E-state index < -0.39 is 5.97 Å². The number of ether oxygens (including phenoxy) is 1. The maximum absolute atomic E-state index is 10.7. The van der Waals surface area contributed by atoms with Crippen molar-refractivity contribution in [3.8, 4) is 0 Å². The maximum atomic E-state index is 10.7. The maximum Gasteiger partial charge on any atom is 0.303 e. The molecule has 1 saturated carbocycles. The Hall–Kier alpha value is -0.610. The van der Waals surface area contributed by atoms with Crippen molar-refractivity contribution in [3.63, 3.8) is 0 Å². The summed E-state index contributed by atoms with van der Waals surface area (Å²) in [5.41, 5.74) is 0.0442. The molecule has 0 spiro atoms. The molecule has 1 unspecified atom stereocenters. The van der Waals surface area contributed by atoms with Crippen LogP contribution < -0.4 is 0 Å². The van der Waals surface area contributed by atoms with Crippen molar-refractivity contribution >= 4 is 5.97 Å². The zero-order chi connectivity index (χ0) is 11.5. The smallest absolute Gasteiger partial charge is 0.303 e. The predicted molar refractivity (Wildman–Crippen MR) is 57.9 cm³/mol. The molecule has 1 atom stereocenters. The second-order valence-corrected chi connectivity index (χ2v) is 4.79. The fourth-order valence-electron chi connectivity index (χ4n) is 1.94. The van der Waals surface area contributed by atoms with Crippen LogP contribution in [0, 0.1) is 5.41 Å². The Morgan fingerprint density at radius 2 is 2.20 bits per heavy atom. The van der Waals surface area contributed by atoms with Crippen LogP contribution in [0.2, 0.25) is 0 Å². The van der Waals surface area contributed by atoms with Gasteiger partial charge in [-0.1, -0.05) is 0 Å². The van der Waals surface area contributed by atoms with E-state index >= 15 is 0 Å². The van der Waals surface area contributed by atoms with Crippen LogP contribution in [0.1, 0.15) is 26.2 Å². The first-order valence-electron chi connectivity index (χ1n) is 5.40. The molecule has 0 amide bonds. The SMILES string of the molecule is COCC(C)N(C)CC1(CC(=O)O)CC1. The van der Waals surface area contributed by atoms with Gasteiger partial charge in [-0.25, -0.2) is 0 Å². The van der Waals surface area contributed by atoms with Gasteiger partial charge in [-0.05, 0) is 32.2 Å². The number of likely N-dealkylation sites (N-methyl/N-ethyl adjacent to an activating group) is 1. The van der Waals surface area contributed by atoms with Gasteiger partial charge in [0.25, 0.3) is 0 Å². The highest BCUT2D eigenvalue weighted by atomic mass is 16.5. The third-order valence-electron chi connectivity index (χ3n) is 3.23. The third-order valence-corrected chi connectivity index (χ3v) is 3.23. The summed E-state index contributed by atoms with van der Waals surface area (Å²) < 4.78 is 5.08. The van der Waals surface area contributed by atoms with Gasteiger partial charge in [0.2, 0.25) is 0 Å². The Kier molecular flexibility index (Phi) is 4.11. The number of carboxylic acids is 1. The number of carboxylic acid groups (broad SMARTS) is 1. The molecule has 88 valence electrons. The molecule has 15 heavy (non-hydrogen) atoms. The first-order chi connectivity index (χ1) is 6.99. The van der Waals surface area contributed by atoms with Crippen molar-refractivity contribution in [3.05, 3.63) is 0 Å². The monoisotopic (exact) mass is 215 g/mol. The van der Waals surface area contributed by atoms with Crippen molar-refractivity contribution in [2.75, 3.05) is 27.3 Å². The number of hydrogen-bond donors (Lipinski definition) is 1. The molecule has 0 aromatic carbocycles. The van der Waals surface area contributed by atoms with Crippen molar-refractivity contribution in [1.82, 2.24) is 4.90 Å². The number of carbonyl (C=O) groups is 1. The van der Waals surface area contributed by atoms with E-state index in [2.05, 4.69) is 11.8 Å². The average Bonchev–Trinajstić information content (AvgIpc) is 2.83. The summed E-state index contributed by atoms with van der Waals surface area (Å²) in [6.45, 7) is 3.66. The fraction of sp³-hybridized carbons (Fsp3) is 0.909. The Bertz CT molecular complexity index is 226. The van der Waals surface area contributed by atoms with E-state index in [4.69, 9.17) is 9.84 Å². The van der Waals surface area contributed by atoms with Crippen LogP contribution in [0.3, 0.4) is 0 Å². The molecule has 0 heterocycles. The number of aliphatic carboxylic acids is 1. The Labute approximate surface area is 91.2 Å². The van der Waals surface area contributed by atoms with Crippen molar-refractivity contribution in [2.45, 2.75) is 32.2 Å². The zero-order valence-electron chi connectivity index (χ0n) is 9.82. The summed E-state index contributed by atoms with van der Waals surface area (Å²) in [6, 6.07) is 0.348. The van der Waals surface area contributed by atoms with Crippen LogP contribution >= 0.6 is 0 Å². The summed E-state index contributed by atoms with van der Waals surface area (Å²) in [6.07, 6.45) is 2.39. The summed E-state index contributed by atoms with van der Waals surface area (Å²) in [5, 5.41) is 8.80. The van der Waals surface area contributed by atoms with Crippen LogP contribution in [-0.4, -0.2) is 49.3 Å². The standard InChI is InChI=1S/C11H21NO3/c1-9(7-15-3)12(2)8-11(4-5-11)6-10(13)14/h9H,4-8H2,1-3H3,(H,13,14). The molecular formula is C11H21NO3. The van der Waals surface area contributed by atoms with Gasteiger partial charge < -0.3 is 14.7 Å². The van der Waals surface area contributed by atoms with Crippen LogP contribution in [0.5, 0.6) is 0 Å². The summed E-state index contributed by atoms with van der Waals surface area (Å²) >= 11 is 0. The highest BCUT2D eigenvalue weighted by Gasteiger charge is 2.45. The largest absolute Gasteiger partial charge is 0.481 e. The van der Waals surface area contributed by atoms with Gasteiger partial charge in [-0.3, -0.25) is 4.79 Å². The topological polar surface area (TPSA) is 49.8 Å². The Morgan fingerprint density at radius 3 is 2.60 bits per heavy atom. The molecule has 0 saturated heterocycles. The van der Waals surface area contributed by atoms with Crippen LogP contribution in [0.25, 0.3) is 0 Å². The van der Waals surface area contributed by atoms with E-state index in [1.165, 1.54) is 0 Å². The molecule has 1 fully saturated rings. The van der Waals surface area contributed by atoms with Crippen molar-refractivity contribution in [2.24, 2.45) is 5.41 Å². The van der Waals surface area contributed by atoms with Gasteiger partial charge in [0.1, 0.15) is 0 Å². The molecule has 1 N–H and O–H groups in total. The third kappa shape index (κ3) is 3.80. The predicted octanol–water partition coefficient (Wildman–Crippen LogP) is 1.21. The van der Waals surface area contributed by atoms with Crippen LogP contribution in [-0.2, 0) is 9.53 Å². The number of nitrogens with zero attached hydrogens (tertiary/aromatic N) is 1. The molecule has 0 aliphatic heterocycles. The molecule has 1 aliphatic carbocycles. The Morgan fingerprint density at radius 1 is 1.60 bits per heavy atom. The minimum Gasteiger partial charge on any atom is -0.481 e. The number of rotatable bonds is 7. The number of methoxy groups -OCH3 is 1. The highest BCUT2D eigenvalue weighted by molar-refractivity contribution is 5.68. The number of hydrogen-bond acceptors (Lipinski definition) is 3. The van der Waals surface area contributed by atoms with E-state index in [0.29, 0.717) is 19.1 Å². The van der Waals surface area contributed by atoms with Gasteiger partial charge in [-0.15, -0.1) is 0 Å². The van der Waals surface area contributed by atoms with E-state index in [9.17, 15) is 4.79 Å². The second kappa shape index (κ2) is 4.94. The lowest BCUT2D eigenvalue weighted by atomic mass is 10.0. The lowest BCUT2D eigenvalue weighted by Crippen LogP contribution is -2.37. The van der Waals surface area contributed by atoms with Crippen LogP contribution in [0.15, 0.2) is 0 Å². The van der Waals surface area contributed by atoms with E-state index in [1.807, 2.05) is 7.05 Å². The molecule has 0 bridgehead atoms. The van der Waals surface area contributed by atoms with Crippen molar-refractivity contribution < 1.29 is 14.6 Å². The minimum atomic E-state index is -0.680. The summed E-state index contributed by atoms with van der Waals surface area (Å²) in [4.78, 5) is 12.9. The normalized spacial score (nSPS) is 20.3. The highest BCUT2D eigenvalue weighted by Crippen LogP contribution is 2.49. The summed E-state index contributed by atoms with van der Waals surface area (Å²) in [5.74, 6) is -0.680. The summed E-state index contributed by atoms with van der Waals surface area (Å²) in [7, 11) is 3.72. The Balaban J connectivity index is 2.36. The molecule has 0 aromatic heterocycles. The lowest BCUT2D eigenvalue weighted by Gasteiger charge is -2.28. The van der Waals surface area contributed by atoms with Gasteiger partial charge in [0.05, 0.1) is 13.0 Å². The molecule has 4 nitrogen and oxygen atoms in total. The van der Waals surface area contributed by atoms with Crippen LogP contribution in [0.4, 0.5) is 0 Å². The molecule has 1 aliphatic rings. The molecule has 0 radical (unpaired) electrons.